The SMILES string of the molecule is CCCCCCC/C=C\C/C=C\C/C=C\CCCCCCCCCCCCC(=O)OC(COC(=O)CCCCCCCCCCCCCCCCCCCCCCCCCCCCCCCCCCCC)COP(=O)(O)OCCN. The quantitative estimate of drug-likeness (QED) is 0.0264. The monoisotopic (exact) mass is 1150 g/mol. The van der Waals surface area contributed by atoms with Crippen molar-refractivity contribution < 1.29 is 37.6 Å². The number of rotatable bonds is 67. The minimum absolute atomic E-state index is 0.0541. The van der Waals surface area contributed by atoms with E-state index in [1.165, 1.54) is 283 Å². The molecule has 0 aromatic rings. The molecule has 472 valence electrons. The average molecular weight is 1150 g/mol. The van der Waals surface area contributed by atoms with E-state index in [2.05, 4.69) is 50.3 Å². The predicted octanol–water partition coefficient (Wildman–Crippen LogP) is 22.7. The van der Waals surface area contributed by atoms with Gasteiger partial charge in [-0.2, -0.15) is 0 Å². The van der Waals surface area contributed by atoms with Crippen LogP contribution in [0, 0.1) is 0 Å². The second-order valence-corrected chi connectivity index (χ2v) is 25.2. The number of ether oxygens (including phenoxy) is 2. The topological polar surface area (TPSA) is 134 Å². The maximum atomic E-state index is 12.7. The molecule has 0 bridgehead atoms. The Balaban J connectivity index is 3.82. The number of nitrogens with two attached hydrogens (primary N) is 1. The number of hydrogen-bond acceptors (Lipinski definition) is 8. The van der Waals surface area contributed by atoms with Crippen LogP contribution in [0.4, 0.5) is 0 Å². The highest BCUT2D eigenvalue weighted by atomic mass is 31.2. The number of esters is 2. The van der Waals surface area contributed by atoms with Crippen molar-refractivity contribution in [3.8, 4) is 0 Å². The number of phosphoric acid groups is 1. The standard InChI is InChI=1S/C70H134NO8P/c1-3-5-7-9-11-13-15-17-19-21-23-25-27-29-30-31-32-33-34-35-36-37-39-40-42-44-46-48-50-52-54-56-58-60-62-69(72)76-66-68(67-78-80(74,75)77-65-64-71)79-70(73)63-61-59-57-55-53-51-49-47-45-43-41-38-28-26-24-22-20-18-16-14-12-10-8-6-4-2/h16,18,22,24,28,38,68H,3-15,17,19-21,23,25-27,29-37,39-67,71H2,1-2H3,(H,74,75)/b18-16-,24-22-,38-28-. The molecule has 0 aliphatic heterocycles. The van der Waals surface area contributed by atoms with Crippen molar-refractivity contribution in [3.05, 3.63) is 36.5 Å². The van der Waals surface area contributed by atoms with Crippen molar-refractivity contribution in [2.45, 2.75) is 373 Å². The van der Waals surface area contributed by atoms with Crippen LogP contribution < -0.4 is 5.73 Å². The average Bonchev–Trinajstić information content (AvgIpc) is 3.45. The molecule has 0 radical (unpaired) electrons. The Hall–Kier alpha value is -1.77. The van der Waals surface area contributed by atoms with Gasteiger partial charge in [0, 0.05) is 19.4 Å². The summed E-state index contributed by atoms with van der Waals surface area (Å²) in [4.78, 5) is 35.3. The van der Waals surface area contributed by atoms with E-state index in [-0.39, 0.29) is 38.6 Å². The normalized spacial score (nSPS) is 13.1. The van der Waals surface area contributed by atoms with Crippen LogP contribution >= 0.6 is 7.82 Å². The molecule has 9 nitrogen and oxygen atoms in total. The van der Waals surface area contributed by atoms with Crippen molar-refractivity contribution in [1.82, 2.24) is 0 Å². The summed E-state index contributed by atoms with van der Waals surface area (Å²) in [6, 6.07) is 0. The third-order valence-corrected chi connectivity index (χ3v) is 16.8. The van der Waals surface area contributed by atoms with Crippen molar-refractivity contribution in [2.75, 3.05) is 26.4 Å². The van der Waals surface area contributed by atoms with Gasteiger partial charge in [-0.1, -0.05) is 339 Å². The summed E-state index contributed by atoms with van der Waals surface area (Å²) < 4.78 is 33.2. The maximum absolute atomic E-state index is 12.7. The Morgan fingerprint density at radius 3 is 0.963 bits per heavy atom. The number of carbonyl (C=O) groups excluding carboxylic acids is 2. The predicted molar refractivity (Wildman–Crippen MR) is 344 cm³/mol. The molecule has 0 aromatic carbocycles. The zero-order chi connectivity index (χ0) is 58.0. The lowest BCUT2D eigenvalue weighted by Crippen LogP contribution is -2.29. The molecule has 0 amide bonds. The van der Waals surface area contributed by atoms with Crippen molar-refractivity contribution in [1.29, 1.82) is 0 Å². The molecule has 0 fully saturated rings. The first kappa shape index (κ1) is 78.2. The van der Waals surface area contributed by atoms with Crippen molar-refractivity contribution in [3.63, 3.8) is 0 Å². The van der Waals surface area contributed by atoms with E-state index in [4.69, 9.17) is 24.3 Å². The third-order valence-electron chi connectivity index (χ3n) is 15.8. The minimum Gasteiger partial charge on any atom is -0.462 e. The van der Waals surface area contributed by atoms with Gasteiger partial charge in [0.1, 0.15) is 6.61 Å². The van der Waals surface area contributed by atoms with Crippen molar-refractivity contribution >= 4 is 19.8 Å². The van der Waals surface area contributed by atoms with E-state index in [1.807, 2.05) is 0 Å². The summed E-state index contributed by atoms with van der Waals surface area (Å²) in [5.74, 6) is -0.813. The van der Waals surface area contributed by atoms with Crippen LogP contribution in [0.3, 0.4) is 0 Å². The van der Waals surface area contributed by atoms with Gasteiger partial charge in [0.2, 0.25) is 0 Å². The molecule has 0 rings (SSSR count). The Morgan fingerprint density at radius 1 is 0.375 bits per heavy atom. The Bertz CT molecular complexity index is 1400. The lowest BCUT2D eigenvalue weighted by molar-refractivity contribution is -0.161. The first-order chi connectivity index (χ1) is 39.3. The fourth-order valence-corrected chi connectivity index (χ4v) is 11.4. The molecule has 0 aromatic heterocycles. The fourth-order valence-electron chi connectivity index (χ4n) is 10.6. The Labute approximate surface area is 496 Å². The zero-order valence-corrected chi connectivity index (χ0v) is 54.0. The molecule has 0 aliphatic carbocycles. The molecule has 80 heavy (non-hydrogen) atoms. The van der Waals surface area contributed by atoms with E-state index in [9.17, 15) is 19.0 Å². The summed E-state index contributed by atoms with van der Waals surface area (Å²) in [7, 11) is -4.39. The van der Waals surface area contributed by atoms with Crippen LogP contribution in [0.5, 0.6) is 0 Å². The fraction of sp³-hybridized carbons (Fsp3) is 0.886. The molecular weight excluding hydrogens is 1010 g/mol. The smallest absolute Gasteiger partial charge is 0.462 e. The summed E-state index contributed by atoms with van der Waals surface area (Å²) >= 11 is 0. The molecule has 0 heterocycles. The number of hydrogen-bond donors (Lipinski definition) is 2. The van der Waals surface area contributed by atoms with Crippen LogP contribution in [0.25, 0.3) is 0 Å². The second-order valence-electron chi connectivity index (χ2n) is 23.8. The highest BCUT2D eigenvalue weighted by molar-refractivity contribution is 7.47. The zero-order valence-electron chi connectivity index (χ0n) is 53.1. The number of carbonyl (C=O) groups is 2. The number of allylic oxidation sites excluding steroid dienone is 6. The van der Waals surface area contributed by atoms with Gasteiger partial charge in [-0.15, -0.1) is 0 Å². The first-order valence-corrected chi connectivity index (χ1v) is 36.5. The van der Waals surface area contributed by atoms with Crippen LogP contribution in [0.1, 0.15) is 367 Å². The van der Waals surface area contributed by atoms with E-state index in [1.54, 1.807) is 0 Å². The van der Waals surface area contributed by atoms with E-state index >= 15 is 0 Å². The third kappa shape index (κ3) is 65.4. The summed E-state index contributed by atoms with van der Waals surface area (Å²) in [5.41, 5.74) is 5.40. The van der Waals surface area contributed by atoms with Crippen LogP contribution in [-0.4, -0.2) is 49.3 Å². The molecule has 10 heteroatoms. The summed E-state index contributed by atoms with van der Waals surface area (Å²) in [6.45, 7) is 3.80. The molecule has 0 saturated carbocycles. The van der Waals surface area contributed by atoms with Gasteiger partial charge >= 0.3 is 19.8 Å². The van der Waals surface area contributed by atoms with E-state index in [0.29, 0.717) is 6.42 Å². The Kier molecular flexibility index (Phi) is 64.9. The first-order valence-electron chi connectivity index (χ1n) is 35.0. The minimum atomic E-state index is -4.39. The molecule has 2 atom stereocenters. The summed E-state index contributed by atoms with van der Waals surface area (Å²) in [6.07, 6.45) is 82.5. The second kappa shape index (κ2) is 66.4. The highest BCUT2D eigenvalue weighted by Crippen LogP contribution is 2.43. The largest absolute Gasteiger partial charge is 0.472 e. The van der Waals surface area contributed by atoms with E-state index < -0.39 is 26.5 Å². The van der Waals surface area contributed by atoms with Gasteiger partial charge in [0.15, 0.2) is 6.10 Å². The Morgan fingerprint density at radius 2 is 0.650 bits per heavy atom. The molecule has 0 spiro atoms. The molecule has 2 unspecified atom stereocenters. The highest BCUT2D eigenvalue weighted by Gasteiger charge is 2.26. The molecular formula is C70H134NO8P. The van der Waals surface area contributed by atoms with Crippen molar-refractivity contribution in [2.24, 2.45) is 5.73 Å². The van der Waals surface area contributed by atoms with Crippen LogP contribution in [0.15, 0.2) is 36.5 Å². The van der Waals surface area contributed by atoms with Gasteiger partial charge < -0.3 is 20.1 Å². The molecule has 0 saturated heterocycles. The number of unbranched alkanes of at least 4 members (excludes halogenated alkanes) is 48. The van der Waals surface area contributed by atoms with Crippen LogP contribution in [0.2, 0.25) is 0 Å². The van der Waals surface area contributed by atoms with Gasteiger partial charge in [-0.05, 0) is 51.4 Å². The van der Waals surface area contributed by atoms with Gasteiger partial charge in [-0.25, -0.2) is 4.57 Å². The van der Waals surface area contributed by atoms with Gasteiger partial charge in [-0.3, -0.25) is 18.6 Å². The lowest BCUT2D eigenvalue weighted by Gasteiger charge is -2.19. The number of phosphoric ester groups is 1. The molecule has 3 N–H and O–H groups in total. The lowest BCUT2D eigenvalue weighted by atomic mass is 10.0. The summed E-state index contributed by atoms with van der Waals surface area (Å²) in [5, 5.41) is 0. The van der Waals surface area contributed by atoms with E-state index in [0.717, 1.165) is 51.4 Å². The maximum Gasteiger partial charge on any atom is 0.472 e. The van der Waals surface area contributed by atoms with Gasteiger partial charge in [0.25, 0.3) is 0 Å². The van der Waals surface area contributed by atoms with Crippen LogP contribution in [-0.2, 0) is 32.7 Å². The molecule has 0 aliphatic rings. The van der Waals surface area contributed by atoms with Gasteiger partial charge in [0.05, 0.1) is 13.2 Å².